The van der Waals surface area contributed by atoms with Gasteiger partial charge in [0.2, 0.25) is 0 Å². The Morgan fingerprint density at radius 2 is 1.62 bits per heavy atom. The van der Waals surface area contributed by atoms with Crippen molar-refractivity contribution >= 4 is 33.4 Å². The number of halogens is 1. The van der Waals surface area contributed by atoms with E-state index in [2.05, 4.69) is 0 Å². The number of hydrogen-bond acceptors (Lipinski definition) is 5. The molecule has 0 radical (unpaired) electrons. The summed E-state index contributed by atoms with van der Waals surface area (Å²) in [6.07, 6.45) is 1.17. The van der Waals surface area contributed by atoms with Crippen LogP contribution in [0.15, 0.2) is 47.4 Å². The maximum Gasteiger partial charge on any atom is 0.260 e. The summed E-state index contributed by atoms with van der Waals surface area (Å²) in [5.41, 5.74) is 6.13. The zero-order chi connectivity index (χ0) is 19.3. The van der Waals surface area contributed by atoms with Gasteiger partial charge in [-0.05, 0) is 35.9 Å². The molecule has 2 aromatic rings. The number of sulfone groups is 1. The van der Waals surface area contributed by atoms with Gasteiger partial charge in [-0.3, -0.25) is 4.79 Å². The average Bonchev–Trinajstić information content (AvgIpc) is 2.60. The minimum atomic E-state index is -4.00. The highest BCUT2D eigenvalue weighted by molar-refractivity contribution is 7.95. The van der Waals surface area contributed by atoms with Gasteiger partial charge in [-0.25, -0.2) is 8.42 Å². The first-order chi connectivity index (χ1) is 12.3. The lowest BCUT2D eigenvalue weighted by Crippen LogP contribution is -2.22. The average molecular weight is 396 g/mol. The van der Waals surface area contributed by atoms with Crippen LogP contribution in [0.3, 0.4) is 0 Å². The van der Waals surface area contributed by atoms with Gasteiger partial charge < -0.3 is 15.2 Å². The van der Waals surface area contributed by atoms with Crippen LogP contribution in [-0.2, 0) is 20.4 Å². The molecular weight excluding hydrogens is 378 g/mol. The van der Waals surface area contributed by atoms with Gasteiger partial charge in [-0.2, -0.15) is 0 Å². The van der Waals surface area contributed by atoms with Gasteiger partial charge in [0.1, 0.15) is 16.4 Å². The number of rotatable bonds is 7. The number of methoxy groups -OCH3 is 2. The van der Waals surface area contributed by atoms with E-state index < -0.39 is 26.4 Å². The molecule has 0 aliphatic heterocycles. The van der Waals surface area contributed by atoms with E-state index in [1.807, 2.05) is 0 Å². The summed E-state index contributed by atoms with van der Waals surface area (Å²) in [6, 6.07) is 11.2. The standard InChI is InChI=1S/C18H18ClNO5S/c1-24-15-4-3-5-16(25-2)14(15)10-17(18(20)21)26(22,23)11-12-6-8-13(19)9-7-12/h3-10H,11H2,1-2H3,(H2,20,21). The molecule has 1 amide bonds. The van der Waals surface area contributed by atoms with Crippen LogP contribution in [0.5, 0.6) is 11.5 Å². The second kappa shape index (κ2) is 8.25. The van der Waals surface area contributed by atoms with E-state index in [4.69, 9.17) is 26.8 Å². The van der Waals surface area contributed by atoms with Crippen molar-refractivity contribution in [2.75, 3.05) is 14.2 Å². The lowest BCUT2D eigenvalue weighted by molar-refractivity contribution is -0.113. The Hall–Kier alpha value is -2.51. The molecule has 8 heteroatoms. The van der Waals surface area contributed by atoms with Crippen molar-refractivity contribution in [3.8, 4) is 11.5 Å². The quantitative estimate of drug-likeness (QED) is 0.727. The summed E-state index contributed by atoms with van der Waals surface area (Å²) in [4.78, 5) is 11.3. The number of hydrogen-bond donors (Lipinski definition) is 1. The molecule has 2 aromatic carbocycles. The number of amides is 1. The van der Waals surface area contributed by atoms with Crippen LogP contribution in [0.1, 0.15) is 11.1 Å². The van der Waals surface area contributed by atoms with E-state index in [0.29, 0.717) is 27.6 Å². The van der Waals surface area contributed by atoms with E-state index in [1.54, 1.807) is 42.5 Å². The van der Waals surface area contributed by atoms with Crippen LogP contribution in [0, 0.1) is 0 Å². The van der Waals surface area contributed by atoms with Crippen molar-refractivity contribution in [2.45, 2.75) is 5.75 Å². The SMILES string of the molecule is COc1cccc(OC)c1C=C(C(N)=O)S(=O)(=O)Cc1ccc(Cl)cc1. The number of carbonyl (C=O) groups is 1. The summed E-state index contributed by atoms with van der Waals surface area (Å²) in [7, 11) is -1.15. The van der Waals surface area contributed by atoms with Crippen molar-refractivity contribution in [3.05, 3.63) is 63.5 Å². The second-order valence-corrected chi connectivity index (χ2v) is 7.73. The van der Waals surface area contributed by atoms with Crippen molar-refractivity contribution in [2.24, 2.45) is 5.73 Å². The lowest BCUT2D eigenvalue weighted by Gasteiger charge is -2.12. The molecule has 138 valence electrons. The fourth-order valence-electron chi connectivity index (χ4n) is 2.35. The third-order valence-corrected chi connectivity index (χ3v) is 5.54. The molecule has 0 spiro atoms. The molecule has 0 aliphatic carbocycles. The van der Waals surface area contributed by atoms with E-state index in [9.17, 15) is 13.2 Å². The Kier molecular flexibility index (Phi) is 6.28. The van der Waals surface area contributed by atoms with Crippen LogP contribution < -0.4 is 15.2 Å². The second-order valence-electron chi connectivity index (χ2n) is 5.33. The van der Waals surface area contributed by atoms with Crippen LogP contribution in [-0.4, -0.2) is 28.5 Å². The van der Waals surface area contributed by atoms with Gasteiger partial charge >= 0.3 is 0 Å². The van der Waals surface area contributed by atoms with Crippen LogP contribution in [0.4, 0.5) is 0 Å². The normalized spacial score (nSPS) is 11.9. The van der Waals surface area contributed by atoms with Crippen LogP contribution in [0.25, 0.3) is 6.08 Å². The maximum absolute atomic E-state index is 12.7. The molecule has 0 heterocycles. The van der Waals surface area contributed by atoms with E-state index in [1.165, 1.54) is 20.3 Å². The predicted octanol–water partition coefficient (Wildman–Crippen LogP) is 2.80. The van der Waals surface area contributed by atoms with Gasteiger partial charge in [0, 0.05) is 5.02 Å². The summed E-state index contributed by atoms with van der Waals surface area (Å²) >= 11 is 5.81. The predicted molar refractivity (Wildman–Crippen MR) is 101 cm³/mol. The van der Waals surface area contributed by atoms with Gasteiger partial charge in [0.25, 0.3) is 5.91 Å². The molecule has 0 saturated carbocycles. The van der Waals surface area contributed by atoms with Crippen LogP contribution >= 0.6 is 11.6 Å². The first kappa shape index (κ1) is 19.8. The molecule has 0 atom stereocenters. The number of benzene rings is 2. The van der Waals surface area contributed by atoms with E-state index in [-0.39, 0.29) is 0 Å². The monoisotopic (exact) mass is 395 g/mol. The van der Waals surface area contributed by atoms with Crippen molar-refractivity contribution in [1.29, 1.82) is 0 Å². The largest absolute Gasteiger partial charge is 0.496 e. The van der Waals surface area contributed by atoms with Gasteiger partial charge in [-0.1, -0.05) is 29.8 Å². The van der Waals surface area contributed by atoms with E-state index >= 15 is 0 Å². The highest BCUT2D eigenvalue weighted by Gasteiger charge is 2.25. The highest BCUT2D eigenvalue weighted by Crippen LogP contribution is 2.32. The Labute approximate surface area is 157 Å². The summed E-state index contributed by atoms with van der Waals surface area (Å²) in [6.45, 7) is 0. The first-order valence-corrected chi connectivity index (χ1v) is 9.51. The number of ether oxygens (including phenoxy) is 2. The Balaban J connectivity index is 2.53. The Bertz CT molecular complexity index is 914. The molecule has 0 unspecified atom stereocenters. The van der Waals surface area contributed by atoms with Crippen molar-refractivity contribution < 1.29 is 22.7 Å². The molecule has 2 N–H and O–H groups in total. The lowest BCUT2D eigenvalue weighted by atomic mass is 10.1. The van der Waals surface area contributed by atoms with E-state index in [0.717, 1.165) is 0 Å². The van der Waals surface area contributed by atoms with Crippen LogP contribution in [0.2, 0.25) is 5.02 Å². The first-order valence-electron chi connectivity index (χ1n) is 7.48. The van der Waals surface area contributed by atoms with Crippen molar-refractivity contribution in [1.82, 2.24) is 0 Å². The smallest absolute Gasteiger partial charge is 0.260 e. The minimum absolute atomic E-state index is 0.311. The molecule has 2 rings (SSSR count). The Morgan fingerprint density at radius 3 is 2.08 bits per heavy atom. The zero-order valence-corrected chi connectivity index (χ0v) is 15.8. The molecule has 0 aliphatic rings. The van der Waals surface area contributed by atoms with Crippen molar-refractivity contribution in [3.63, 3.8) is 0 Å². The summed E-state index contributed by atoms with van der Waals surface area (Å²) < 4.78 is 35.9. The minimum Gasteiger partial charge on any atom is -0.496 e. The number of nitrogens with two attached hydrogens (primary N) is 1. The molecule has 0 fully saturated rings. The molecule has 6 nitrogen and oxygen atoms in total. The molecular formula is C18H18ClNO5S. The third-order valence-electron chi connectivity index (χ3n) is 3.59. The number of carbonyl (C=O) groups excluding carboxylic acids is 1. The summed E-state index contributed by atoms with van der Waals surface area (Å²) in [5.74, 6) is -0.752. The molecule has 0 aromatic heterocycles. The third kappa shape index (κ3) is 4.56. The maximum atomic E-state index is 12.7. The van der Waals surface area contributed by atoms with Gasteiger partial charge in [0.05, 0.1) is 25.5 Å². The zero-order valence-electron chi connectivity index (χ0n) is 14.2. The van der Waals surface area contributed by atoms with Gasteiger partial charge in [-0.15, -0.1) is 0 Å². The molecule has 0 saturated heterocycles. The number of primary amides is 1. The highest BCUT2D eigenvalue weighted by atomic mass is 35.5. The molecule has 26 heavy (non-hydrogen) atoms. The fraction of sp³-hybridized carbons (Fsp3) is 0.167. The summed E-state index contributed by atoms with van der Waals surface area (Å²) in [5, 5.41) is 0.482. The molecule has 0 bridgehead atoms. The fourth-order valence-corrected chi connectivity index (χ4v) is 3.86. The topological polar surface area (TPSA) is 95.7 Å². The Morgan fingerprint density at radius 1 is 1.08 bits per heavy atom. The van der Waals surface area contributed by atoms with Gasteiger partial charge in [0.15, 0.2) is 9.84 Å².